The number of aliphatic hydroxyl groups excluding tert-OH is 1. The van der Waals surface area contributed by atoms with E-state index in [-0.39, 0.29) is 69.3 Å². The summed E-state index contributed by atoms with van der Waals surface area (Å²) in [7, 11) is -3.07. The van der Waals surface area contributed by atoms with Crippen molar-refractivity contribution in [1.82, 2.24) is 27.6 Å². The summed E-state index contributed by atoms with van der Waals surface area (Å²) in [6.45, 7) is 20.4. The summed E-state index contributed by atoms with van der Waals surface area (Å²) in [6, 6.07) is 81.0. The molecule has 0 radical (unpaired) electrons. The van der Waals surface area contributed by atoms with Gasteiger partial charge in [0.05, 0.1) is 71.8 Å². The fraction of sp³-hybridized carbons (Fsp3) is 0.375. The van der Waals surface area contributed by atoms with Crippen molar-refractivity contribution in [3.05, 3.63) is 346 Å². The van der Waals surface area contributed by atoms with Crippen molar-refractivity contribution >= 4 is 119 Å². The van der Waals surface area contributed by atoms with Crippen molar-refractivity contribution in [3.63, 3.8) is 0 Å². The molecule has 0 spiro atoms. The number of aliphatic hydroxyl groups is 1. The van der Waals surface area contributed by atoms with Gasteiger partial charge in [-0.05, 0) is 254 Å². The second-order valence-corrected chi connectivity index (χ2v) is 47.9. The number of carbonyl (C=O) groups is 2. The van der Waals surface area contributed by atoms with E-state index in [4.69, 9.17) is 44.2 Å². The van der Waals surface area contributed by atoms with E-state index in [1.54, 1.807) is 111 Å². The summed E-state index contributed by atoms with van der Waals surface area (Å²) in [6.07, 6.45) is 5.95. The Bertz CT molecular complexity index is 6590. The lowest BCUT2D eigenvalue weighted by Gasteiger charge is -2.30. The molecule has 37 heteroatoms. The van der Waals surface area contributed by atoms with Gasteiger partial charge in [-0.2, -0.15) is 21.3 Å². The maximum absolute atomic E-state index is 13.0. The van der Waals surface area contributed by atoms with E-state index in [9.17, 15) is 58.5 Å². The van der Waals surface area contributed by atoms with Crippen LogP contribution in [0, 0.1) is 22.0 Å². The number of thiophene rings is 2. The average molecular weight is 2240 g/mol. The number of likely N-dealkylation sites (N-methyl/N-ethyl adjacent to an activating group) is 1. The van der Waals surface area contributed by atoms with E-state index >= 15 is 0 Å². The zero-order valence-electron chi connectivity index (χ0n) is 87.0. The Morgan fingerprint density at radius 2 is 1.21 bits per heavy atom. The molecule has 2 N–H and O–H groups in total. The van der Waals surface area contributed by atoms with E-state index in [1.165, 1.54) is 66.8 Å². The summed E-state index contributed by atoms with van der Waals surface area (Å²) in [5.41, 5.74) is 9.15. The standard InChI is InChI=1S/C28H35NO5.C24H24BrNO3.C24H32N4O5S.C18H24ClNO2S2.C18H24N2O5S3/c1-31-18-17-29(19-22-7-5-4-6-8-22)20-25(30)21-34-28(23-9-13-26(32-2)14-10-23)24-11-15-27(33-3)16-12-24;1-26(24(27)15-18-8-11-21(25)12-9-18)16-20-10-13-22(23(14-20)28-2)29-17-19-6-4-3-5-7-19;1-17(2)26(4)24(29)20-9-7-19(8-10-20)15-25-22-12-11-21(14-23(22)28(30)31)34(32,33)27-13-5-6-18(3)16-27;1-4-20(5-2)24(21,22)17-11-7-15(8-12-17)14(3)6-9-16-10-13-18(19)23-16;1-3-12-20(14-15-6-7-15)28(23,24)25-17-10-8-16(9-11-17)19(2)27(21,22)18-5-4-13-26-18/h4-16,25,28,30H,17-21H2,1-3H3;3-14H,15-17H2,1-2H3;7-12,14,17-18,25H,5-6,13,15-16H2,1-4H3;7-8,10-14H,4-6,9H2,1-3H3;4-5,8-11,13,15H,3,6-7,12,14H2,1-2H3. The molecular weight excluding hydrogens is 2100 g/mol. The first kappa shape index (κ1) is 120. The van der Waals surface area contributed by atoms with Crippen LogP contribution >= 0.6 is 50.2 Å². The van der Waals surface area contributed by atoms with Crippen LogP contribution in [0.15, 0.2) is 291 Å². The molecule has 3 unspecified atom stereocenters. The number of sulfonamides is 3. The topological polar surface area (TPSA) is 333 Å². The normalized spacial score (nSPS) is 13.6. The van der Waals surface area contributed by atoms with Gasteiger partial charge in [-0.1, -0.05) is 196 Å². The molecule has 1 saturated carbocycles. The molecule has 3 atom stereocenters. The summed E-state index contributed by atoms with van der Waals surface area (Å²) < 4.78 is 148. The minimum atomic E-state index is -3.89. The van der Waals surface area contributed by atoms with Gasteiger partial charge in [-0.3, -0.25) is 28.9 Å². The minimum Gasteiger partial charge on any atom is -0.497 e. The van der Waals surface area contributed by atoms with E-state index in [2.05, 4.69) is 51.3 Å². The third-order valence-electron chi connectivity index (χ3n) is 25.1. The Hall–Kier alpha value is -11.2. The van der Waals surface area contributed by atoms with E-state index in [0.717, 1.165) is 133 Å². The van der Waals surface area contributed by atoms with Gasteiger partial charge < -0.3 is 52.8 Å². The molecule has 2 fully saturated rings. The lowest BCUT2D eigenvalue weighted by Crippen LogP contribution is -2.39. The number of carbonyl (C=O) groups excluding carboxylic acids is 2. The minimum absolute atomic E-state index is 0.0655. The number of benzene rings is 10. The van der Waals surface area contributed by atoms with E-state index in [1.807, 2.05) is 206 Å². The summed E-state index contributed by atoms with van der Waals surface area (Å²) in [4.78, 5) is 43.2. The van der Waals surface area contributed by atoms with Gasteiger partial charge in [-0.25, -0.2) is 25.3 Å². The van der Waals surface area contributed by atoms with Crippen LogP contribution in [0.1, 0.15) is 159 Å². The molecule has 1 aliphatic carbocycles. The van der Waals surface area contributed by atoms with Gasteiger partial charge in [0.1, 0.15) is 39.9 Å². The van der Waals surface area contributed by atoms with Crippen molar-refractivity contribution in [2.24, 2.45) is 11.8 Å². The van der Waals surface area contributed by atoms with Crippen LogP contribution < -0.4 is 32.8 Å². The first-order chi connectivity index (χ1) is 71.3. The number of rotatable bonds is 48. The fourth-order valence-corrected chi connectivity index (χ4v) is 24.1. The molecule has 2 aliphatic rings. The zero-order valence-corrected chi connectivity index (χ0v) is 94.2. The first-order valence-corrected chi connectivity index (χ1v) is 58.0. The fourth-order valence-electron chi connectivity index (χ4n) is 16.0. The molecule has 3 heterocycles. The number of hydrogen-bond donors (Lipinski definition) is 2. The number of nitro benzene ring substituents is 1. The van der Waals surface area contributed by atoms with Crippen LogP contribution in [0.3, 0.4) is 0 Å². The number of amides is 2. The second-order valence-electron chi connectivity index (χ2n) is 36.6. The number of nitrogens with zero attached hydrogens (tertiary/aromatic N) is 8. The lowest BCUT2D eigenvalue weighted by molar-refractivity contribution is -0.384. The molecule has 2 aromatic heterocycles. The highest BCUT2D eigenvalue weighted by molar-refractivity contribution is 9.10. The molecule has 14 rings (SSSR count). The third kappa shape index (κ3) is 36.8. The second kappa shape index (κ2) is 59.0. The van der Waals surface area contributed by atoms with Gasteiger partial charge in [0.2, 0.25) is 26.0 Å². The number of ether oxygens (including phenoxy) is 6. The molecule has 10 aromatic carbocycles. The van der Waals surface area contributed by atoms with Crippen LogP contribution in [-0.4, -0.2) is 210 Å². The molecule has 1 saturated heterocycles. The number of nitrogens with one attached hydrogen (secondary N) is 1. The predicted octanol–water partition coefficient (Wildman–Crippen LogP) is 22.2. The van der Waals surface area contributed by atoms with Crippen molar-refractivity contribution in [2.75, 3.05) is 125 Å². The van der Waals surface area contributed by atoms with Crippen molar-refractivity contribution < 1.29 is 85.9 Å². The van der Waals surface area contributed by atoms with Crippen LogP contribution in [0.4, 0.5) is 17.1 Å². The molecule has 149 heavy (non-hydrogen) atoms. The SMILES string of the molecule is CC1CCCN(S(=O)(=O)c2ccc(NCc3ccc(C(=O)N(C)C(C)C)cc3)c([N+](=O)[O-])c2)C1.CCCN(CC1CC1)S(=O)(=O)Oc1ccc(N(C)S(=O)(=O)c2cccs2)cc1.CCN(CC)S(=O)(=O)c1ccc(C(C)CCc2ccc(Cl)s2)cc1.COCCN(Cc1ccccc1)CC(O)COC(c1ccc(OC)cc1)c1ccc(OC)cc1.COc1cc(CN(C)C(=O)Cc2ccc(Br)cc2)ccc1OCc1ccccc1. The highest BCUT2D eigenvalue weighted by atomic mass is 79.9. The zero-order chi connectivity index (χ0) is 108. The van der Waals surface area contributed by atoms with E-state index < -0.39 is 51.4 Å². The molecule has 29 nitrogen and oxygen atoms in total. The molecule has 1 aliphatic heterocycles. The van der Waals surface area contributed by atoms with Crippen molar-refractivity contribution in [1.29, 1.82) is 0 Å². The molecular formula is C112H139BrClN9O20S6. The Labute approximate surface area is 901 Å². The van der Waals surface area contributed by atoms with Crippen LogP contribution in [0.25, 0.3) is 0 Å². The Morgan fingerprint density at radius 1 is 0.617 bits per heavy atom. The number of piperidine rings is 1. The van der Waals surface area contributed by atoms with Gasteiger partial charge in [0.15, 0.2) is 11.5 Å². The maximum Gasteiger partial charge on any atom is 0.385 e. The highest BCUT2D eigenvalue weighted by Gasteiger charge is 2.35. The Balaban J connectivity index is 0.000000191. The van der Waals surface area contributed by atoms with Crippen molar-refractivity contribution in [2.45, 2.75) is 164 Å². The van der Waals surface area contributed by atoms with Crippen LogP contribution in [0.5, 0.6) is 28.7 Å². The summed E-state index contributed by atoms with van der Waals surface area (Å²) in [5, 5.41) is 27.3. The molecule has 802 valence electrons. The largest absolute Gasteiger partial charge is 0.497 e. The van der Waals surface area contributed by atoms with E-state index in [0.29, 0.717) is 118 Å². The van der Waals surface area contributed by atoms with Crippen LogP contribution in [-0.2, 0) is 93.7 Å². The van der Waals surface area contributed by atoms with Crippen molar-refractivity contribution in [3.8, 4) is 28.7 Å². The summed E-state index contributed by atoms with van der Waals surface area (Å²) in [5.74, 6) is 4.10. The Morgan fingerprint density at radius 3 is 1.77 bits per heavy atom. The highest BCUT2D eigenvalue weighted by Crippen LogP contribution is 2.38. The molecule has 12 aromatic rings. The van der Waals surface area contributed by atoms with Gasteiger partial charge in [0.25, 0.3) is 21.6 Å². The van der Waals surface area contributed by atoms with Crippen LogP contribution in [0.2, 0.25) is 4.34 Å². The number of anilines is 2. The number of halogens is 2. The van der Waals surface area contributed by atoms with Gasteiger partial charge in [0, 0.05) is 127 Å². The van der Waals surface area contributed by atoms with Gasteiger partial charge in [-0.15, -0.1) is 22.7 Å². The number of aryl methyl sites for hydroxylation is 1. The third-order valence-corrected chi connectivity index (χ3v) is 35.4. The monoisotopic (exact) mass is 2240 g/mol. The predicted molar refractivity (Wildman–Crippen MR) is 596 cm³/mol. The Kier molecular flexibility index (Phi) is 47.4. The number of methoxy groups -OCH3 is 4. The quantitative estimate of drug-likeness (QED) is 0.0264. The smallest absolute Gasteiger partial charge is 0.385 e. The molecule has 0 bridgehead atoms. The lowest BCUT2D eigenvalue weighted by atomic mass is 9.96. The number of hydrogen-bond acceptors (Lipinski definition) is 24. The van der Waals surface area contributed by atoms with Gasteiger partial charge >= 0.3 is 10.3 Å². The number of nitro groups is 1. The maximum atomic E-state index is 13.0. The summed E-state index contributed by atoms with van der Waals surface area (Å²) >= 11 is 12.1. The first-order valence-electron chi connectivity index (χ1n) is 49.5. The molecule has 2 amide bonds. The average Bonchev–Trinajstić information content (AvgIpc) is 0.961.